The summed E-state index contributed by atoms with van der Waals surface area (Å²) < 4.78 is 45.0. The Bertz CT molecular complexity index is 607. The van der Waals surface area contributed by atoms with E-state index < -0.39 is 18.0 Å². The van der Waals surface area contributed by atoms with Crippen molar-refractivity contribution in [1.82, 2.24) is 4.98 Å². The quantitative estimate of drug-likeness (QED) is 0.930. The topological polar surface area (TPSA) is 78.4 Å². The van der Waals surface area contributed by atoms with E-state index in [1.807, 2.05) is 0 Å². The number of nitrogens with zero attached hydrogens (tertiary/aromatic N) is 1. The van der Waals surface area contributed by atoms with Crippen LogP contribution in [0.1, 0.15) is 10.5 Å². The van der Waals surface area contributed by atoms with Gasteiger partial charge in [-0.2, -0.15) is 0 Å². The summed E-state index contributed by atoms with van der Waals surface area (Å²) in [6.07, 6.45) is -3.82. The summed E-state index contributed by atoms with van der Waals surface area (Å²) in [6.45, 7) is 0. The molecule has 2 N–H and O–H groups in total. The second-order valence-corrected chi connectivity index (χ2v) is 3.47. The van der Waals surface area contributed by atoms with Gasteiger partial charge in [-0.15, -0.1) is 13.2 Å². The van der Waals surface area contributed by atoms with Crippen molar-refractivity contribution in [3.05, 3.63) is 36.4 Å². The monoisotopic (exact) mass is 272 g/mol. The zero-order valence-corrected chi connectivity index (χ0v) is 9.27. The van der Waals surface area contributed by atoms with Crippen LogP contribution >= 0.6 is 0 Å². The molecule has 0 aliphatic heterocycles. The molecule has 0 spiro atoms. The fourth-order valence-corrected chi connectivity index (χ4v) is 1.46. The lowest BCUT2D eigenvalue weighted by Crippen LogP contribution is -2.17. The van der Waals surface area contributed by atoms with Crippen molar-refractivity contribution in [1.29, 1.82) is 0 Å². The van der Waals surface area contributed by atoms with Gasteiger partial charge in [0.2, 0.25) is 0 Å². The van der Waals surface area contributed by atoms with E-state index in [1.165, 1.54) is 12.1 Å². The molecule has 0 fully saturated rings. The molecule has 2 rings (SSSR count). The SMILES string of the molecule is NC(=O)c1ncoc1-c1cccc(OC(F)(F)F)c1. The van der Waals surface area contributed by atoms with Crippen LogP contribution in [0.2, 0.25) is 0 Å². The Hall–Kier alpha value is -2.51. The maximum atomic E-state index is 12.1. The van der Waals surface area contributed by atoms with E-state index in [2.05, 4.69) is 9.72 Å². The van der Waals surface area contributed by atoms with Gasteiger partial charge in [-0.05, 0) is 12.1 Å². The van der Waals surface area contributed by atoms with Gasteiger partial charge < -0.3 is 14.9 Å². The molecule has 0 aliphatic rings. The molecule has 8 heteroatoms. The van der Waals surface area contributed by atoms with Crippen LogP contribution in [0.5, 0.6) is 5.75 Å². The summed E-state index contributed by atoms with van der Waals surface area (Å²) in [5.74, 6) is -1.29. The molecule has 0 saturated heterocycles. The summed E-state index contributed by atoms with van der Waals surface area (Å²) in [4.78, 5) is 14.7. The summed E-state index contributed by atoms with van der Waals surface area (Å²) in [5.41, 5.74) is 5.10. The number of oxazole rings is 1. The predicted molar refractivity (Wildman–Crippen MR) is 57.1 cm³/mol. The van der Waals surface area contributed by atoms with E-state index in [0.29, 0.717) is 0 Å². The lowest BCUT2D eigenvalue weighted by atomic mass is 10.1. The van der Waals surface area contributed by atoms with Crippen LogP contribution in [0.3, 0.4) is 0 Å². The molecule has 1 aromatic heterocycles. The molecule has 2 aromatic rings. The van der Waals surface area contributed by atoms with Crippen LogP contribution in [0.25, 0.3) is 11.3 Å². The van der Waals surface area contributed by atoms with Crippen LogP contribution < -0.4 is 10.5 Å². The number of halogens is 3. The van der Waals surface area contributed by atoms with Gasteiger partial charge >= 0.3 is 6.36 Å². The molecule has 1 amide bonds. The number of aromatic nitrogens is 1. The minimum absolute atomic E-state index is 0.0138. The van der Waals surface area contributed by atoms with Crippen LogP contribution in [-0.2, 0) is 0 Å². The zero-order chi connectivity index (χ0) is 14.0. The number of ether oxygens (including phenoxy) is 1. The third-order valence-electron chi connectivity index (χ3n) is 2.13. The number of rotatable bonds is 3. The third-order valence-corrected chi connectivity index (χ3v) is 2.13. The molecule has 100 valence electrons. The van der Waals surface area contributed by atoms with Crippen LogP contribution in [0.4, 0.5) is 13.2 Å². The van der Waals surface area contributed by atoms with Crippen molar-refractivity contribution < 1.29 is 27.1 Å². The van der Waals surface area contributed by atoms with Crippen LogP contribution in [0.15, 0.2) is 35.1 Å². The maximum absolute atomic E-state index is 12.1. The number of benzene rings is 1. The molecule has 0 unspecified atom stereocenters. The second kappa shape index (κ2) is 4.63. The lowest BCUT2D eigenvalue weighted by molar-refractivity contribution is -0.274. The minimum Gasteiger partial charge on any atom is -0.443 e. The van der Waals surface area contributed by atoms with E-state index in [1.54, 1.807) is 0 Å². The maximum Gasteiger partial charge on any atom is 0.573 e. The van der Waals surface area contributed by atoms with Gasteiger partial charge in [0, 0.05) is 5.56 Å². The first-order valence-corrected chi connectivity index (χ1v) is 4.96. The van der Waals surface area contributed by atoms with E-state index in [-0.39, 0.29) is 17.0 Å². The highest BCUT2D eigenvalue weighted by Crippen LogP contribution is 2.29. The first-order valence-electron chi connectivity index (χ1n) is 4.96. The van der Waals surface area contributed by atoms with Gasteiger partial charge in [0.05, 0.1) is 0 Å². The molecule has 1 aromatic carbocycles. The number of alkyl halides is 3. The number of nitrogens with two attached hydrogens (primary N) is 1. The molecule has 0 aliphatic carbocycles. The fourth-order valence-electron chi connectivity index (χ4n) is 1.46. The summed E-state index contributed by atoms with van der Waals surface area (Å²) in [6, 6.07) is 4.96. The van der Waals surface area contributed by atoms with Crippen molar-refractivity contribution >= 4 is 5.91 Å². The molecule has 0 atom stereocenters. The Kier molecular flexibility index (Phi) is 3.16. The first-order chi connectivity index (χ1) is 8.87. The van der Waals surface area contributed by atoms with Crippen molar-refractivity contribution in [2.45, 2.75) is 6.36 Å². The van der Waals surface area contributed by atoms with Gasteiger partial charge in [-0.3, -0.25) is 4.79 Å². The normalized spacial score (nSPS) is 11.3. The molecule has 0 bridgehead atoms. The summed E-state index contributed by atoms with van der Waals surface area (Å²) in [7, 11) is 0. The molecular weight excluding hydrogens is 265 g/mol. The molecule has 0 saturated carbocycles. The number of hydrogen-bond donors (Lipinski definition) is 1. The van der Waals surface area contributed by atoms with E-state index >= 15 is 0 Å². The number of carbonyl (C=O) groups excluding carboxylic acids is 1. The summed E-state index contributed by atoms with van der Waals surface area (Å²) >= 11 is 0. The largest absolute Gasteiger partial charge is 0.573 e. The zero-order valence-electron chi connectivity index (χ0n) is 9.27. The second-order valence-electron chi connectivity index (χ2n) is 3.47. The van der Waals surface area contributed by atoms with Crippen molar-refractivity contribution in [3.8, 4) is 17.1 Å². The Morgan fingerprint density at radius 2 is 2.11 bits per heavy atom. The number of primary amides is 1. The van der Waals surface area contributed by atoms with Crippen molar-refractivity contribution in [2.75, 3.05) is 0 Å². The van der Waals surface area contributed by atoms with Crippen LogP contribution in [-0.4, -0.2) is 17.3 Å². The molecule has 5 nitrogen and oxygen atoms in total. The Morgan fingerprint density at radius 1 is 1.37 bits per heavy atom. The fraction of sp³-hybridized carbons (Fsp3) is 0.0909. The average Bonchev–Trinajstić information content (AvgIpc) is 2.75. The Balaban J connectivity index is 2.38. The molecule has 1 heterocycles. The van der Waals surface area contributed by atoms with Gasteiger partial charge in [0.25, 0.3) is 5.91 Å². The highest BCUT2D eigenvalue weighted by molar-refractivity contribution is 5.96. The van der Waals surface area contributed by atoms with Gasteiger partial charge in [0.1, 0.15) is 5.75 Å². The molecule has 19 heavy (non-hydrogen) atoms. The third kappa shape index (κ3) is 3.03. The van der Waals surface area contributed by atoms with Crippen molar-refractivity contribution in [2.24, 2.45) is 5.73 Å². The van der Waals surface area contributed by atoms with Gasteiger partial charge in [-0.1, -0.05) is 12.1 Å². The van der Waals surface area contributed by atoms with E-state index in [4.69, 9.17) is 10.2 Å². The number of carbonyl (C=O) groups is 1. The minimum atomic E-state index is -4.80. The number of hydrogen-bond acceptors (Lipinski definition) is 4. The summed E-state index contributed by atoms with van der Waals surface area (Å²) in [5, 5.41) is 0. The van der Waals surface area contributed by atoms with E-state index in [9.17, 15) is 18.0 Å². The van der Waals surface area contributed by atoms with Gasteiger partial charge in [0.15, 0.2) is 17.8 Å². The smallest absolute Gasteiger partial charge is 0.443 e. The van der Waals surface area contributed by atoms with Crippen LogP contribution in [0, 0.1) is 0 Å². The van der Waals surface area contributed by atoms with Crippen molar-refractivity contribution in [3.63, 3.8) is 0 Å². The van der Waals surface area contributed by atoms with Gasteiger partial charge in [-0.25, -0.2) is 4.98 Å². The lowest BCUT2D eigenvalue weighted by Gasteiger charge is -2.09. The van der Waals surface area contributed by atoms with E-state index in [0.717, 1.165) is 18.5 Å². The molecular formula is C11H7F3N2O3. The standard InChI is InChI=1S/C11H7F3N2O3/c12-11(13,14)19-7-3-1-2-6(4-7)9-8(10(15)17)16-5-18-9/h1-5H,(H2,15,17). The average molecular weight is 272 g/mol. The highest BCUT2D eigenvalue weighted by atomic mass is 19.4. The Morgan fingerprint density at radius 3 is 2.74 bits per heavy atom. The number of amides is 1. The molecule has 0 radical (unpaired) electrons. The first kappa shape index (κ1) is 12.9. The predicted octanol–water partition coefficient (Wildman–Crippen LogP) is 2.34. The highest BCUT2D eigenvalue weighted by Gasteiger charge is 2.31. The Labute approximate surface area is 104 Å².